The highest BCUT2D eigenvalue weighted by Crippen LogP contribution is 2.34. The fourth-order valence-electron chi connectivity index (χ4n) is 1.88. The number of hydrazine groups is 1. The van der Waals surface area contributed by atoms with Crippen LogP contribution in [-0.4, -0.2) is 9.97 Å². The lowest BCUT2D eigenvalue weighted by molar-refractivity contribution is 0.436. The standard InChI is InChI=1S/C15H20N4O/c1-10-9-17-14(19-16)18-13(10)20-12-8-6-5-7-11(12)15(2,3)4/h5-9H,16H2,1-4H3,(H,17,18,19). The van der Waals surface area contributed by atoms with E-state index in [4.69, 9.17) is 10.6 Å². The van der Waals surface area contributed by atoms with Crippen LogP contribution in [0.25, 0.3) is 0 Å². The number of anilines is 1. The lowest BCUT2D eigenvalue weighted by Gasteiger charge is -2.22. The van der Waals surface area contributed by atoms with Gasteiger partial charge in [0.1, 0.15) is 5.75 Å². The molecule has 0 saturated carbocycles. The molecule has 0 aliphatic rings. The molecule has 2 aromatic rings. The Morgan fingerprint density at radius 3 is 2.55 bits per heavy atom. The van der Waals surface area contributed by atoms with Crippen molar-refractivity contribution in [1.82, 2.24) is 9.97 Å². The minimum atomic E-state index is -0.00746. The van der Waals surface area contributed by atoms with E-state index in [1.165, 1.54) is 0 Å². The molecule has 1 heterocycles. The van der Waals surface area contributed by atoms with Gasteiger partial charge in [-0.1, -0.05) is 39.0 Å². The van der Waals surface area contributed by atoms with Crippen molar-refractivity contribution in [3.05, 3.63) is 41.6 Å². The predicted molar refractivity (Wildman–Crippen MR) is 79.8 cm³/mol. The number of benzene rings is 1. The highest BCUT2D eigenvalue weighted by Gasteiger charge is 2.19. The fourth-order valence-corrected chi connectivity index (χ4v) is 1.88. The number of nitrogens with two attached hydrogens (primary N) is 1. The molecule has 0 bridgehead atoms. The summed E-state index contributed by atoms with van der Waals surface area (Å²) in [5, 5.41) is 0. The van der Waals surface area contributed by atoms with Crippen molar-refractivity contribution >= 4 is 5.95 Å². The zero-order valence-electron chi connectivity index (χ0n) is 12.3. The molecule has 0 aliphatic heterocycles. The summed E-state index contributed by atoms with van der Waals surface area (Å²) < 4.78 is 5.96. The summed E-state index contributed by atoms with van der Waals surface area (Å²) in [4.78, 5) is 8.28. The Morgan fingerprint density at radius 1 is 1.20 bits per heavy atom. The molecule has 5 heteroatoms. The van der Waals surface area contributed by atoms with Crippen molar-refractivity contribution in [2.24, 2.45) is 5.84 Å². The van der Waals surface area contributed by atoms with E-state index in [1.807, 2.05) is 25.1 Å². The van der Waals surface area contributed by atoms with Crippen molar-refractivity contribution in [1.29, 1.82) is 0 Å². The van der Waals surface area contributed by atoms with Crippen LogP contribution in [0.5, 0.6) is 11.6 Å². The van der Waals surface area contributed by atoms with E-state index in [9.17, 15) is 0 Å². The Morgan fingerprint density at radius 2 is 1.90 bits per heavy atom. The molecule has 0 spiro atoms. The van der Waals surface area contributed by atoms with E-state index in [0.717, 1.165) is 16.9 Å². The minimum Gasteiger partial charge on any atom is -0.438 e. The summed E-state index contributed by atoms with van der Waals surface area (Å²) >= 11 is 0. The number of nitrogens with one attached hydrogen (secondary N) is 1. The van der Waals surface area contributed by atoms with Crippen LogP contribution in [0.15, 0.2) is 30.5 Å². The average molecular weight is 272 g/mol. The molecule has 0 atom stereocenters. The Kier molecular flexibility index (Phi) is 3.90. The highest BCUT2D eigenvalue weighted by molar-refractivity contribution is 5.42. The van der Waals surface area contributed by atoms with Crippen molar-refractivity contribution in [3.8, 4) is 11.6 Å². The van der Waals surface area contributed by atoms with E-state index < -0.39 is 0 Å². The van der Waals surface area contributed by atoms with Crippen LogP contribution < -0.4 is 16.0 Å². The number of aryl methyl sites for hydroxylation is 1. The molecule has 2 rings (SSSR count). The Balaban J connectivity index is 2.40. The summed E-state index contributed by atoms with van der Waals surface area (Å²) in [6.07, 6.45) is 1.68. The molecule has 3 N–H and O–H groups in total. The van der Waals surface area contributed by atoms with Crippen molar-refractivity contribution in [2.45, 2.75) is 33.1 Å². The molecular formula is C15H20N4O. The van der Waals surface area contributed by atoms with Gasteiger partial charge in [-0.2, -0.15) is 4.98 Å². The number of hydrogen-bond acceptors (Lipinski definition) is 5. The summed E-state index contributed by atoms with van der Waals surface area (Å²) in [6, 6.07) is 7.96. The third-order valence-corrected chi connectivity index (χ3v) is 2.96. The van der Waals surface area contributed by atoms with Gasteiger partial charge in [-0.15, -0.1) is 0 Å². The van der Waals surface area contributed by atoms with Crippen molar-refractivity contribution in [2.75, 3.05) is 5.43 Å². The van der Waals surface area contributed by atoms with E-state index in [-0.39, 0.29) is 5.41 Å². The first kappa shape index (κ1) is 14.3. The van der Waals surface area contributed by atoms with E-state index >= 15 is 0 Å². The summed E-state index contributed by atoms with van der Waals surface area (Å²) in [5.41, 5.74) is 4.40. The van der Waals surface area contributed by atoms with Crippen LogP contribution in [0, 0.1) is 6.92 Å². The lowest BCUT2D eigenvalue weighted by atomic mass is 9.86. The van der Waals surface area contributed by atoms with Crippen LogP contribution in [0.4, 0.5) is 5.95 Å². The number of para-hydroxylation sites is 1. The molecule has 20 heavy (non-hydrogen) atoms. The van der Waals surface area contributed by atoms with Gasteiger partial charge in [-0.3, -0.25) is 5.43 Å². The lowest BCUT2D eigenvalue weighted by Crippen LogP contribution is -2.13. The number of nitrogens with zero attached hydrogens (tertiary/aromatic N) is 2. The van der Waals surface area contributed by atoms with Gasteiger partial charge in [0.2, 0.25) is 11.8 Å². The quantitative estimate of drug-likeness (QED) is 0.663. The third kappa shape index (κ3) is 3.05. The normalized spacial score (nSPS) is 11.2. The topological polar surface area (TPSA) is 73.1 Å². The first-order valence-corrected chi connectivity index (χ1v) is 6.49. The SMILES string of the molecule is Cc1cnc(NN)nc1Oc1ccccc1C(C)(C)C. The average Bonchev–Trinajstić information content (AvgIpc) is 2.41. The zero-order valence-corrected chi connectivity index (χ0v) is 12.3. The Hall–Kier alpha value is -2.14. The van der Waals surface area contributed by atoms with Crippen LogP contribution in [0.1, 0.15) is 31.9 Å². The van der Waals surface area contributed by atoms with Gasteiger partial charge in [0.25, 0.3) is 0 Å². The molecule has 1 aromatic heterocycles. The Bertz CT molecular complexity index is 605. The van der Waals surface area contributed by atoms with Crippen molar-refractivity contribution < 1.29 is 4.74 Å². The number of nitrogen functional groups attached to an aromatic ring is 1. The second-order valence-corrected chi connectivity index (χ2v) is 5.67. The number of rotatable bonds is 3. The largest absolute Gasteiger partial charge is 0.438 e. The molecule has 0 fully saturated rings. The molecule has 5 nitrogen and oxygen atoms in total. The second kappa shape index (κ2) is 5.46. The smallest absolute Gasteiger partial charge is 0.240 e. The zero-order chi connectivity index (χ0) is 14.8. The fraction of sp³-hybridized carbons (Fsp3) is 0.333. The highest BCUT2D eigenvalue weighted by atomic mass is 16.5. The molecule has 0 radical (unpaired) electrons. The molecule has 0 saturated heterocycles. The molecule has 1 aromatic carbocycles. The monoisotopic (exact) mass is 272 g/mol. The maximum atomic E-state index is 5.96. The number of hydrogen-bond donors (Lipinski definition) is 2. The van der Waals surface area contributed by atoms with Gasteiger partial charge in [0.15, 0.2) is 0 Å². The van der Waals surface area contributed by atoms with Crippen LogP contribution >= 0.6 is 0 Å². The number of aromatic nitrogens is 2. The third-order valence-electron chi connectivity index (χ3n) is 2.96. The minimum absolute atomic E-state index is 0.00746. The molecule has 0 unspecified atom stereocenters. The van der Waals surface area contributed by atoms with Gasteiger partial charge in [0.05, 0.1) is 0 Å². The molecule has 0 aliphatic carbocycles. The second-order valence-electron chi connectivity index (χ2n) is 5.67. The van der Waals surface area contributed by atoms with Gasteiger partial charge in [0, 0.05) is 17.3 Å². The molecule has 0 amide bonds. The predicted octanol–water partition coefficient (Wildman–Crippen LogP) is 3.16. The van der Waals surface area contributed by atoms with E-state index in [2.05, 4.69) is 42.2 Å². The van der Waals surface area contributed by atoms with Gasteiger partial charge in [-0.05, 0) is 18.4 Å². The molecule has 106 valence electrons. The molecular weight excluding hydrogens is 252 g/mol. The van der Waals surface area contributed by atoms with Crippen LogP contribution in [0.3, 0.4) is 0 Å². The summed E-state index contributed by atoms with van der Waals surface area (Å²) in [6.45, 7) is 8.34. The van der Waals surface area contributed by atoms with Gasteiger partial charge >= 0.3 is 0 Å². The first-order chi connectivity index (χ1) is 9.41. The van der Waals surface area contributed by atoms with Gasteiger partial charge in [-0.25, -0.2) is 10.8 Å². The Labute approximate surface area is 119 Å². The van der Waals surface area contributed by atoms with Gasteiger partial charge < -0.3 is 4.74 Å². The summed E-state index contributed by atoms with van der Waals surface area (Å²) in [5.74, 6) is 6.96. The van der Waals surface area contributed by atoms with Crippen LogP contribution in [-0.2, 0) is 5.41 Å². The maximum absolute atomic E-state index is 5.96. The van der Waals surface area contributed by atoms with E-state index in [1.54, 1.807) is 6.20 Å². The van der Waals surface area contributed by atoms with E-state index in [0.29, 0.717) is 11.8 Å². The summed E-state index contributed by atoms with van der Waals surface area (Å²) in [7, 11) is 0. The van der Waals surface area contributed by atoms with Crippen molar-refractivity contribution in [3.63, 3.8) is 0 Å². The first-order valence-electron chi connectivity index (χ1n) is 6.49. The van der Waals surface area contributed by atoms with Crippen LogP contribution in [0.2, 0.25) is 0 Å². The number of ether oxygens (including phenoxy) is 1. The maximum Gasteiger partial charge on any atom is 0.240 e.